The van der Waals surface area contributed by atoms with Crippen LogP contribution in [-0.2, 0) is 6.42 Å². The molecular weight excluding hydrogens is 244 g/mol. The molecule has 1 aromatic rings. The fraction of sp³-hybridized carbons (Fsp3) is 0.733. The van der Waals surface area contributed by atoms with Crippen molar-refractivity contribution >= 4 is 11.3 Å². The quantitative estimate of drug-likeness (QED) is 0.795. The van der Waals surface area contributed by atoms with Crippen LogP contribution in [0.3, 0.4) is 0 Å². The van der Waals surface area contributed by atoms with E-state index in [1.807, 2.05) is 11.3 Å². The average molecular weight is 270 g/mol. The summed E-state index contributed by atoms with van der Waals surface area (Å²) in [6, 6.07) is 4.39. The van der Waals surface area contributed by atoms with Gasteiger partial charge in [0.25, 0.3) is 0 Å². The molecule has 3 heteroatoms. The largest absolute Gasteiger partial charge is 0.391 e. The van der Waals surface area contributed by atoms with Crippen LogP contribution in [0.4, 0.5) is 0 Å². The molecule has 2 nitrogen and oxygen atoms in total. The van der Waals surface area contributed by atoms with Crippen LogP contribution >= 0.6 is 11.3 Å². The fourth-order valence-corrected chi connectivity index (χ4v) is 3.52. The minimum atomic E-state index is -0.644. The van der Waals surface area contributed by atoms with Crippen molar-refractivity contribution in [2.75, 3.05) is 0 Å². The third-order valence-electron chi connectivity index (χ3n) is 3.27. The van der Waals surface area contributed by atoms with E-state index < -0.39 is 12.2 Å². The van der Waals surface area contributed by atoms with Gasteiger partial charge in [-0.3, -0.25) is 0 Å². The van der Waals surface area contributed by atoms with Crippen molar-refractivity contribution in [2.24, 2.45) is 5.92 Å². The molecule has 18 heavy (non-hydrogen) atoms. The first-order valence-electron chi connectivity index (χ1n) is 6.88. The predicted molar refractivity (Wildman–Crippen MR) is 78.2 cm³/mol. The Morgan fingerprint density at radius 3 is 2.33 bits per heavy atom. The maximum absolute atomic E-state index is 9.80. The van der Waals surface area contributed by atoms with E-state index in [2.05, 4.69) is 32.9 Å². The molecule has 0 fully saturated rings. The molecule has 104 valence electrons. The standard InChI is InChI=1S/C15H26O2S/c1-5-12(9-14(17)11(4)16)15-7-6-13(18-15)8-10(2)3/h6-7,10-12,14,16-17H,5,8-9H2,1-4H3. The maximum atomic E-state index is 9.80. The second-order valence-corrected chi connectivity index (χ2v) is 6.75. The molecule has 1 rings (SSSR count). The highest BCUT2D eigenvalue weighted by atomic mass is 32.1. The Morgan fingerprint density at radius 2 is 1.83 bits per heavy atom. The molecule has 0 radical (unpaired) electrons. The first-order chi connectivity index (χ1) is 8.43. The van der Waals surface area contributed by atoms with Crippen LogP contribution in [0.15, 0.2) is 12.1 Å². The van der Waals surface area contributed by atoms with Gasteiger partial charge in [-0.25, -0.2) is 0 Å². The molecule has 0 saturated heterocycles. The maximum Gasteiger partial charge on any atom is 0.0802 e. The normalized spacial score (nSPS) is 16.8. The SMILES string of the molecule is CCC(CC(O)C(C)O)c1ccc(CC(C)C)s1. The van der Waals surface area contributed by atoms with Crippen LogP contribution in [-0.4, -0.2) is 22.4 Å². The number of aliphatic hydroxyl groups is 2. The molecular formula is C15H26O2S. The highest BCUT2D eigenvalue weighted by Gasteiger charge is 2.19. The van der Waals surface area contributed by atoms with Crippen molar-refractivity contribution < 1.29 is 10.2 Å². The van der Waals surface area contributed by atoms with Crippen LogP contribution in [0.25, 0.3) is 0 Å². The summed E-state index contributed by atoms with van der Waals surface area (Å²) < 4.78 is 0. The van der Waals surface area contributed by atoms with E-state index >= 15 is 0 Å². The van der Waals surface area contributed by atoms with E-state index in [1.165, 1.54) is 9.75 Å². The fourth-order valence-electron chi connectivity index (χ4n) is 2.10. The highest BCUT2D eigenvalue weighted by molar-refractivity contribution is 7.12. The molecule has 0 aliphatic carbocycles. The van der Waals surface area contributed by atoms with Gasteiger partial charge < -0.3 is 10.2 Å². The van der Waals surface area contributed by atoms with Crippen LogP contribution in [0, 0.1) is 5.92 Å². The molecule has 2 N–H and O–H groups in total. The molecule has 0 amide bonds. The summed E-state index contributed by atoms with van der Waals surface area (Å²) in [5, 5.41) is 19.2. The number of hydrogen-bond donors (Lipinski definition) is 2. The topological polar surface area (TPSA) is 40.5 Å². The Balaban J connectivity index is 2.67. The molecule has 3 atom stereocenters. The molecule has 0 spiro atoms. The van der Waals surface area contributed by atoms with Crippen molar-refractivity contribution in [2.45, 2.75) is 65.1 Å². The van der Waals surface area contributed by atoms with Crippen molar-refractivity contribution in [1.29, 1.82) is 0 Å². The van der Waals surface area contributed by atoms with Crippen LogP contribution in [0.2, 0.25) is 0 Å². The minimum absolute atomic E-state index is 0.362. The van der Waals surface area contributed by atoms with Crippen molar-refractivity contribution in [3.8, 4) is 0 Å². The summed E-state index contributed by atoms with van der Waals surface area (Å²) in [7, 11) is 0. The lowest BCUT2D eigenvalue weighted by Gasteiger charge is -2.19. The minimum Gasteiger partial charge on any atom is -0.391 e. The molecule has 0 saturated carbocycles. The van der Waals surface area contributed by atoms with Gasteiger partial charge in [-0.05, 0) is 50.2 Å². The Bertz CT molecular complexity index is 344. The van der Waals surface area contributed by atoms with E-state index in [0.717, 1.165) is 12.8 Å². The Hall–Kier alpha value is -0.380. The third-order valence-corrected chi connectivity index (χ3v) is 4.54. The molecule has 0 aromatic carbocycles. The van der Waals surface area contributed by atoms with E-state index in [4.69, 9.17) is 0 Å². The van der Waals surface area contributed by atoms with Crippen molar-refractivity contribution in [3.05, 3.63) is 21.9 Å². The van der Waals surface area contributed by atoms with E-state index in [1.54, 1.807) is 6.92 Å². The monoisotopic (exact) mass is 270 g/mol. The zero-order chi connectivity index (χ0) is 13.7. The summed E-state index contributed by atoms with van der Waals surface area (Å²) in [6.45, 7) is 8.25. The van der Waals surface area contributed by atoms with Gasteiger partial charge >= 0.3 is 0 Å². The third kappa shape index (κ3) is 4.71. The van der Waals surface area contributed by atoms with E-state index in [9.17, 15) is 10.2 Å². The van der Waals surface area contributed by atoms with E-state index in [-0.39, 0.29) is 0 Å². The van der Waals surface area contributed by atoms with Gasteiger partial charge in [-0.2, -0.15) is 0 Å². The molecule has 0 bridgehead atoms. The zero-order valence-electron chi connectivity index (χ0n) is 11.9. The number of aliphatic hydroxyl groups excluding tert-OH is 2. The average Bonchev–Trinajstić information content (AvgIpc) is 2.72. The summed E-state index contributed by atoms with van der Waals surface area (Å²) >= 11 is 1.85. The second-order valence-electron chi connectivity index (χ2n) is 5.55. The van der Waals surface area contributed by atoms with Crippen LogP contribution in [0.1, 0.15) is 56.2 Å². The van der Waals surface area contributed by atoms with Crippen molar-refractivity contribution in [1.82, 2.24) is 0 Å². The highest BCUT2D eigenvalue weighted by Crippen LogP contribution is 2.32. The molecule has 1 heterocycles. The predicted octanol–water partition coefficient (Wildman–Crippen LogP) is 3.57. The van der Waals surface area contributed by atoms with Crippen LogP contribution in [0.5, 0.6) is 0 Å². The molecule has 0 aliphatic heterocycles. The molecule has 3 unspecified atom stereocenters. The van der Waals surface area contributed by atoms with Gasteiger partial charge in [-0.15, -0.1) is 11.3 Å². The molecule has 0 aliphatic rings. The second kappa shape index (κ2) is 7.27. The van der Waals surface area contributed by atoms with Gasteiger partial charge in [0.2, 0.25) is 0 Å². The van der Waals surface area contributed by atoms with Gasteiger partial charge in [0, 0.05) is 9.75 Å². The Labute approximate surface area is 115 Å². The lowest BCUT2D eigenvalue weighted by molar-refractivity contribution is 0.0217. The zero-order valence-corrected chi connectivity index (χ0v) is 12.7. The molecule has 1 aromatic heterocycles. The van der Waals surface area contributed by atoms with Crippen LogP contribution < -0.4 is 0 Å². The van der Waals surface area contributed by atoms with E-state index in [0.29, 0.717) is 18.3 Å². The van der Waals surface area contributed by atoms with Gasteiger partial charge in [-0.1, -0.05) is 20.8 Å². The first kappa shape index (κ1) is 15.7. The van der Waals surface area contributed by atoms with Gasteiger partial charge in [0.15, 0.2) is 0 Å². The summed E-state index contributed by atoms with van der Waals surface area (Å²) in [5.74, 6) is 1.04. The smallest absolute Gasteiger partial charge is 0.0802 e. The number of thiophene rings is 1. The lowest BCUT2D eigenvalue weighted by Crippen LogP contribution is -2.24. The van der Waals surface area contributed by atoms with Gasteiger partial charge in [0.1, 0.15) is 0 Å². The Morgan fingerprint density at radius 1 is 1.17 bits per heavy atom. The summed E-state index contributed by atoms with van der Waals surface area (Å²) in [6.07, 6.45) is 1.51. The van der Waals surface area contributed by atoms with Crippen molar-refractivity contribution in [3.63, 3.8) is 0 Å². The number of hydrogen-bond acceptors (Lipinski definition) is 3. The summed E-state index contributed by atoms with van der Waals surface area (Å²) in [4.78, 5) is 2.76. The van der Waals surface area contributed by atoms with Gasteiger partial charge in [0.05, 0.1) is 12.2 Å². The lowest BCUT2D eigenvalue weighted by atomic mass is 9.95. The first-order valence-corrected chi connectivity index (χ1v) is 7.70. The summed E-state index contributed by atoms with van der Waals surface area (Å²) in [5.41, 5.74) is 0. The number of rotatable bonds is 7. The Kier molecular flexibility index (Phi) is 6.33.